The SMILES string of the molecule is CCC(=O)N1CCc2[nH]cnc2C12CCN(c1cccc(C#N)n1)CC2. The number of rotatable bonds is 2. The summed E-state index contributed by atoms with van der Waals surface area (Å²) in [5, 5.41) is 9.08. The van der Waals surface area contributed by atoms with Gasteiger partial charge in [-0.1, -0.05) is 13.0 Å². The van der Waals surface area contributed by atoms with Crippen molar-refractivity contribution < 1.29 is 4.79 Å². The molecule has 2 aromatic rings. The fraction of sp³-hybridized carbons (Fsp3) is 0.474. The number of nitrogens with zero attached hydrogens (tertiary/aromatic N) is 5. The van der Waals surface area contributed by atoms with Crippen LogP contribution in [0.3, 0.4) is 0 Å². The maximum atomic E-state index is 12.6. The maximum absolute atomic E-state index is 12.6. The number of H-pyrrole nitrogens is 1. The Labute approximate surface area is 152 Å². The molecule has 0 bridgehead atoms. The summed E-state index contributed by atoms with van der Waals surface area (Å²) in [5.74, 6) is 1.02. The predicted octanol–water partition coefficient (Wildman–Crippen LogP) is 1.97. The first-order valence-electron chi connectivity index (χ1n) is 9.13. The minimum absolute atomic E-state index is 0.191. The number of aromatic amines is 1. The second kappa shape index (κ2) is 6.45. The Hall–Kier alpha value is -2.88. The molecule has 7 nitrogen and oxygen atoms in total. The highest BCUT2D eigenvalue weighted by molar-refractivity contribution is 5.77. The number of anilines is 1. The van der Waals surface area contributed by atoms with E-state index >= 15 is 0 Å². The molecule has 2 aliphatic rings. The zero-order valence-corrected chi connectivity index (χ0v) is 14.9. The number of nitrogens with one attached hydrogen (secondary N) is 1. The van der Waals surface area contributed by atoms with Crippen LogP contribution in [-0.2, 0) is 16.8 Å². The molecule has 1 saturated heterocycles. The van der Waals surface area contributed by atoms with Gasteiger partial charge >= 0.3 is 0 Å². The third-order valence-corrected chi connectivity index (χ3v) is 5.63. The highest BCUT2D eigenvalue weighted by Crippen LogP contribution is 2.43. The van der Waals surface area contributed by atoms with Gasteiger partial charge in [-0.3, -0.25) is 4.79 Å². The van der Waals surface area contributed by atoms with Gasteiger partial charge in [0.25, 0.3) is 0 Å². The first kappa shape index (κ1) is 16.6. The molecule has 1 N–H and O–H groups in total. The second-order valence-corrected chi connectivity index (χ2v) is 6.89. The molecular weight excluding hydrogens is 328 g/mol. The molecule has 4 rings (SSSR count). The van der Waals surface area contributed by atoms with Crippen LogP contribution in [0.15, 0.2) is 24.5 Å². The first-order chi connectivity index (χ1) is 12.7. The molecule has 2 aromatic heterocycles. The smallest absolute Gasteiger partial charge is 0.223 e. The van der Waals surface area contributed by atoms with Crippen molar-refractivity contribution in [2.75, 3.05) is 24.5 Å². The third kappa shape index (κ3) is 2.53. The van der Waals surface area contributed by atoms with Crippen molar-refractivity contribution in [3.63, 3.8) is 0 Å². The van der Waals surface area contributed by atoms with Crippen molar-refractivity contribution in [1.82, 2.24) is 19.9 Å². The lowest BCUT2D eigenvalue weighted by Gasteiger charge is -2.50. The zero-order chi connectivity index (χ0) is 18.1. The minimum atomic E-state index is -0.329. The van der Waals surface area contributed by atoms with Crippen LogP contribution in [0.25, 0.3) is 0 Å². The molecule has 2 aliphatic heterocycles. The molecule has 26 heavy (non-hydrogen) atoms. The van der Waals surface area contributed by atoms with E-state index in [2.05, 4.69) is 25.9 Å². The van der Waals surface area contributed by atoms with Gasteiger partial charge in [0, 0.05) is 38.2 Å². The molecule has 134 valence electrons. The fourth-order valence-electron chi connectivity index (χ4n) is 4.31. The van der Waals surface area contributed by atoms with Gasteiger partial charge in [0.2, 0.25) is 5.91 Å². The van der Waals surface area contributed by atoms with Crippen LogP contribution in [0, 0.1) is 11.3 Å². The normalized spacial score (nSPS) is 18.5. The largest absolute Gasteiger partial charge is 0.356 e. The standard InChI is InChI=1S/C19H22N6O/c1-2-17(26)25-9-6-15-18(22-13-21-15)19(25)7-10-24(11-8-19)16-5-3-4-14(12-20)23-16/h3-5,13H,2,6-11H2,1H3,(H,21,22). The highest BCUT2D eigenvalue weighted by Gasteiger charge is 2.48. The van der Waals surface area contributed by atoms with Crippen molar-refractivity contribution in [2.45, 2.75) is 38.1 Å². The molecule has 1 spiro atoms. The summed E-state index contributed by atoms with van der Waals surface area (Å²) in [4.78, 5) is 29.1. The molecule has 7 heteroatoms. The van der Waals surface area contributed by atoms with Crippen LogP contribution in [0.1, 0.15) is 43.3 Å². The number of pyridine rings is 1. The predicted molar refractivity (Wildman–Crippen MR) is 96.4 cm³/mol. The summed E-state index contributed by atoms with van der Waals surface area (Å²) >= 11 is 0. The fourth-order valence-corrected chi connectivity index (χ4v) is 4.31. The van der Waals surface area contributed by atoms with Crippen LogP contribution in [-0.4, -0.2) is 45.4 Å². The Morgan fingerprint density at radius 1 is 1.35 bits per heavy atom. The maximum Gasteiger partial charge on any atom is 0.223 e. The van der Waals surface area contributed by atoms with Gasteiger partial charge in [-0.05, 0) is 25.0 Å². The van der Waals surface area contributed by atoms with Crippen LogP contribution in [0.4, 0.5) is 5.82 Å². The number of piperidine rings is 1. The van der Waals surface area contributed by atoms with E-state index in [9.17, 15) is 4.79 Å². The van der Waals surface area contributed by atoms with Gasteiger partial charge in [0.1, 0.15) is 17.6 Å². The summed E-state index contributed by atoms with van der Waals surface area (Å²) in [6.45, 7) is 4.22. The Bertz CT molecular complexity index is 859. The Morgan fingerprint density at radius 2 is 2.15 bits per heavy atom. The first-order valence-corrected chi connectivity index (χ1v) is 9.13. The number of imidazole rings is 1. The lowest BCUT2D eigenvalue weighted by molar-refractivity contribution is -0.140. The number of hydrogen-bond donors (Lipinski definition) is 1. The molecule has 0 saturated carbocycles. The molecule has 0 atom stereocenters. The molecule has 0 aliphatic carbocycles. The van der Waals surface area contributed by atoms with E-state index in [0.29, 0.717) is 12.1 Å². The van der Waals surface area contributed by atoms with Gasteiger partial charge < -0.3 is 14.8 Å². The summed E-state index contributed by atoms with van der Waals surface area (Å²) in [7, 11) is 0. The summed E-state index contributed by atoms with van der Waals surface area (Å²) in [6.07, 6.45) is 4.72. The van der Waals surface area contributed by atoms with E-state index in [1.165, 1.54) is 0 Å². The van der Waals surface area contributed by atoms with E-state index in [-0.39, 0.29) is 11.4 Å². The van der Waals surface area contributed by atoms with Crippen LogP contribution >= 0.6 is 0 Å². The Kier molecular flexibility index (Phi) is 4.11. The minimum Gasteiger partial charge on any atom is -0.356 e. The number of carbonyl (C=O) groups is 1. The zero-order valence-electron chi connectivity index (χ0n) is 14.9. The van der Waals surface area contributed by atoms with Crippen molar-refractivity contribution in [3.8, 4) is 6.07 Å². The lowest BCUT2D eigenvalue weighted by Crippen LogP contribution is -2.58. The molecule has 0 unspecified atom stereocenters. The topological polar surface area (TPSA) is 88.9 Å². The van der Waals surface area contributed by atoms with Gasteiger partial charge in [-0.15, -0.1) is 0 Å². The molecular formula is C19H22N6O. The van der Waals surface area contributed by atoms with E-state index in [0.717, 1.165) is 56.1 Å². The van der Waals surface area contributed by atoms with Gasteiger partial charge in [0.05, 0.1) is 17.6 Å². The number of amides is 1. The quantitative estimate of drug-likeness (QED) is 0.894. The number of nitriles is 1. The Balaban J connectivity index is 1.63. The third-order valence-electron chi connectivity index (χ3n) is 5.63. The highest BCUT2D eigenvalue weighted by atomic mass is 16.2. The average molecular weight is 350 g/mol. The van der Waals surface area contributed by atoms with Gasteiger partial charge in [-0.25, -0.2) is 9.97 Å². The van der Waals surface area contributed by atoms with Crippen molar-refractivity contribution in [1.29, 1.82) is 5.26 Å². The monoisotopic (exact) mass is 350 g/mol. The van der Waals surface area contributed by atoms with E-state index in [1.807, 2.05) is 24.0 Å². The number of fused-ring (bicyclic) bond motifs is 2. The molecule has 0 aromatic carbocycles. The molecule has 1 fully saturated rings. The molecule has 4 heterocycles. The van der Waals surface area contributed by atoms with Gasteiger partial charge in [-0.2, -0.15) is 5.26 Å². The summed E-state index contributed by atoms with van der Waals surface area (Å²) in [6, 6.07) is 7.62. The van der Waals surface area contributed by atoms with Crippen molar-refractivity contribution in [3.05, 3.63) is 41.6 Å². The van der Waals surface area contributed by atoms with Crippen molar-refractivity contribution >= 4 is 11.7 Å². The molecule has 1 amide bonds. The van der Waals surface area contributed by atoms with E-state index in [4.69, 9.17) is 5.26 Å². The molecule has 0 radical (unpaired) electrons. The average Bonchev–Trinajstić information content (AvgIpc) is 3.18. The summed E-state index contributed by atoms with van der Waals surface area (Å²) in [5.41, 5.74) is 2.29. The van der Waals surface area contributed by atoms with Crippen molar-refractivity contribution in [2.24, 2.45) is 0 Å². The number of hydrogen-bond acceptors (Lipinski definition) is 5. The Morgan fingerprint density at radius 3 is 2.88 bits per heavy atom. The summed E-state index contributed by atoms with van der Waals surface area (Å²) < 4.78 is 0. The second-order valence-electron chi connectivity index (χ2n) is 6.89. The van der Waals surface area contributed by atoms with Crippen LogP contribution in [0.5, 0.6) is 0 Å². The van der Waals surface area contributed by atoms with E-state index < -0.39 is 0 Å². The van der Waals surface area contributed by atoms with Crippen LogP contribution in [0.2, 0.25) is 0 Å². The number of carbonyl (C=O) groups excluding carboxylic acids is 1. The number of aromatic nitrogens is 3. The van der Waals surface area contributed by atoms with Gasteiger partial charge in [0.15, 0.2) is 0 Å². The lowest BCUT2D eigenvalue weighted by atomic mass is 9.78. The van der Waals surface area contributed by atoms with E-state index in [1.54, 1.807) is 12.4 Å². The van der Waals surface area contributed by atoms with Crippen LogP contribution < -0.4 is 4.90 Å².